The Hall–Kier alpha value is -3.51. The van der Waals surface area contributed by atoms with Gasteiger partial charge in [-0.2, -0.15) is 8.42 Å². The fourth-order valence-electron chi connectivity index (χ4n) is 5.28. The number of aliphatic hydroxyl groups is 1. The van der Waals surface area contributed by atoms with Crippen molar-refractivity contribution in [3.05, 3.63) is 77.0 Å². The Kier molecular flexibility index (Phi) is 9.64. The molecule has 4 atom stereocenters. The number of aliphatic imine (C=N–C) groups is 1. The average molecular weight is 585 g/mol. The third-order valence-electron chi connectivity index (χ3n) is 7.28. The van der Waals surface area contributed by atoms with Gasteiger partial charge in [0.05, 0.1) is 55.7 Å². The minimum Gasteiger partial charge on any atom is -0.497 e. The number of methoxy groups -OCH3 is 3. The molecule has 3 aromatic rings. The summed E-state index contributed by atoms with van der Waals surface area (Å²) in [4.78, 5) is 9.44. The Morgan fingerprint density at radius 2 is 1.68 bits per heavy atom. The number of hydrogen-bond donors (Lipinski definition) is 2. The van der Waals surface area contributed by atoms with Gasteiger partial charge in [-0.15, -0.1) is 0 Å². The van der Waals surface area contributed by atoms with Crippen LogP contribution in [0.15, 0.2) is 64.6 Å². The van der Waals surface area contributed by atoms with Crippen molar-refractivity contribution in [2.45, 2.75) is 55.8 Å². The zero-order valence-corrected chi connectivity index (χ0v) is 24.6. The molecule has 1 unspecified atom stereocenters. The molecule has 11 heteroatoms. The lowest BCUT2D eigenvalue weighted by Gasteiger charge is -2.42. The quantitative estimate of drug-likeness (QED) is 0.391. The molecule has 1 fully saturated rings. The minimum atomic E-state index is -4.02. The maximum Gasteiger partial charge on any atom is 0.294 e. The van der Waals surface area contributed by atoms with Crippen molar-refractivity contribution in [1.29, 1.82) is 0 Å². The molecule has 2 aliphatic rings. The second-order valence-corrected chi connectivity index (χ2v) is 11.2. The molecule has 1 aromatic heterocycles. The van der Waals surface area contributed by atoms with Crippen molar-refractivity contribution in [2.75, 3.05) is 27.9 Å². The van der Waals surface area contributed by atoms with Crippen LogP contribution in [0.3, 0.4) is 0 Å². The zero-order chi connectivity index (χ0) is 29.7. The topological polar surface area (TPSA) is 137 Å². The summed E-state index contributed by atoms with van der Waals surface area (Å²) in [6, 6.07) is 13.8. The Bertz CT molecular complexity index is 1490. The fourth-order valence-corrected chi connectivity index (χ4v) is 5.76. The molecule has 0 amide bonds. The van der Waals surface area contributed by atoms with E-state index in [1.165, 1.54) is 12.1 Å². The third-order valence-corrected chi connectivity index (χ3v) is 8.15. The highest BCUT2D eigenvalue weighted by molar-refractivity contribution is 7.85. The summed E-state index contributed by atoms with van der Waals surface area (Å²) in [6.07, 6.45) is 2.39. The second kappa shape index (κ2) is 13.0. The number of ether oxygens (including phenoxy) is 4. The highest BCUT2D eigenvalue weighted by Gasteiger charge is 2.44. The second-order valence-electron chi connectivity index (χ2n) is 9.80. The predicted molar refractivity (Wildman–Crippen MR) is 154 cm³/mol. The SMILES string of the molecule is CCOC1[C@H](O)CC[C@H]2N=C(c3cnc(OC)cc3OC)c3cc(OC)ccc3[C@@H]12.Cc1ccc(S(=O)(=O)O)cc1. The van der Waals surface area contributed by atoms with Crippen molar-refractivity contribution < 1.29 is 37.0 Å². The van der Waals surface area contributed by atoms with Crippen LogP contribution in [0.4, 0.5) is 0 Å². The van der Waals surface area contributed by atoms with E-state index < -0.39 is 16.2 Å². The molecule has 41 heavy (non-hydrogen) atoms. The van der Waals surface area contributed by atoms with Gasteiger partial charge in [-0.05, 0) is 56.5 Å². The number of pyridine rings is 1. The Labute approximate surface area is 240 Å². The van der Waals surface area contributed by atoms with Crippen molar-refractivity contribution in [3.8, 4) is 17.4 Å². The summed E-state index contributed by atoms with van der Waals surface area (Å²) in [7, 11) is 0.825. The van der Waals surface area contributed by atoms with E-state index in [4.69, 9.17) is 28.5 Å². The summed E-state index contributed by atoms with van der Waals surface area (Å²) < 4.78 is 51.9. The summed E-state index contributed by atoms with van der Waals surface area (Å²) in [5, 5.41) is 10.6. The van der Waals surface area contributed by atoms with Crippen LogP contribution in [0.5, 0.6) is 17.4 Å². The van der Waals surface area contributed by atoms with Gasteiger partial charge in [-0.3, -0.25) is 9.55 Å². The van der Waals surface area contributed by atoms with E-state index >= 15 is 0 Å². The van der Waals surface area contributed by atoms with Gasteiger partial charge in [0.25, 0.3) is 10.1 Å². The maximum absolute atomic E-state index is 10.6. The lowest BCUT2D eigenvalue weighted by atomic mass is 9.72. The highest BCUT2D eigenvalue weighted by Crippen LogP contribution is 2.44. The van der Waals surface area contributed by atoms with Crippen molar-refractivity contribution >= 4 is 15.8 Å². The molecule has 0 spiro atoms. The van der Waals surface area contributed by atoms with Crippen molar-refractivity contribution in [2.24, 2.45) is 4.99 Å². The standard InChI is InChI=1S/C23H28N2O5.C7H8O3S/c1-5-30-23-18(26)9-8-17-21(23)14-7-6-13(27-2)10-15(14)22(25-17)16-12-24-20(29-4)11-19(16)28-3;1-6-2-4-7(5-3-6)11(8,9)10/h6-7,10-12,17-18,21,23,26H,5,8-9H2,1-4H3;2-5H,1H3,(H,8,9,10)/t17-,18-,21-,23?;/m1./s1. The van der Waals surface area contributed by atoms with Crippen LogP contribution >= 0.6 is 0 Å². The van der Waals surface area contributed by atoms with Gasteiger partial charge in [0, 0.05) is 30.4 Å². The Morgan fingerprint density at radius 1 is 0.951 bits per heavy atom. The number of hydrogen-bond acceptors (Lipinski definition) is 9. The number of rotatable bonds is 7. The smallest absolute Gasteiger partial charge is 0.294 e. The van der Waals surface area contributed by atoms with Gasteiger partial charge < -0.3 is 24.1 Å². The maximum atomic E-state index is 10.6. The summed E-state index contributed by atoms with van der Waals surface area (Å²) in [6.45, 7) is 4.34. The molecule has 0 bridgehead atoms. The largest absolute Gasteiger partial charge is 0.497 e. The normalized spacial score (nSPS) is 21.4. The molecular weight excluding hydrogens is 548 g/mol. The molecular formula is C30H36N2O8S. The van der Waals surface area contributed by atoms with Gasteiger partial charge in [-0.25, -0.2) is 4.98 Å². The molecule has 1 aliphatic carbocycles. The first-order chi connectivity index (χ1) is 19.6. The van der Waals surface area contributed by atoms with E-state index in [-0.39, 0.29) is 23.0 Å². The average Bonchev–Trinajstić information content (AvgIpc) is 2.97. The van der Waals surface area contributed by atoms with Crippen molar-refractivity contribution in [1.82, 2.24) is 4.98 Å². The van der Waals surface area contributed by atoms with Gasteiger partial charge in [0.15, 0.2) is 0 Å². The van der Waals surface area contributed by atoms with Gasteiger partial charge in [0.1, 0.15) is 11.5 Å². The summed E-state index contributed by atoms with van der Waals surface area (Å²) in [5.41, 5.74) is 4.60. The van der Waals surface area contributed by atoms with Gasteiger partial charge in [-0.1, -0.05) is 23.8 Å². The Balaban J connectivity index is 0.000000296. The van der Waals surface area contributed by atoms with Crippen LogP contribution in [0.2, 0.25) is 0 Å². The zero-order valence-electron chi connectivity index (χ0n) is 23.8. The van der Waals surface area contributed by atoms with E-state index in [1.807, 2.05) is 26.0 Å². The first kappa shape index (κ1) is 30.4. The summed E-state index contributed by atoms with van der Waals surface area (Å²) >= 11 is 0. The van der Waals surface area contributed by atoms with E-state index in [0.717, 1.165) is 40.1 Å². The third kappa shape index (κ3) is 6.70. The first-order valence-corrected chi connectivity index (χ1v) is 14.7. The van der Waals surface area contributed by atoms with Crippen LogP contribution < -0.4 is 14.2 Å². The van der Waals surface area contributed by atoms with E-state index in [0.29, 0.717) is 24.7 Å². The van der Waals surface area contributed by atoms with Gasteiger partial charge >= 0.3 is 0 Å². The van der Waals surface area contributed by atoms with Crippen LogP contribution in [-0.2, 0) is 14.9 Å². The number of aliphatic hydroxyl groups excluding tert-OH is 1. The summed E-state index contributed by atoms with van der Waals surface area (Å²) in [5.74, 6) is 1.85. The fraction of sp³-hybridized carbons (Fsp3) is 0.400. The predicted octanol–water partition coefficient (Wildman–Crippen LogP) is 4.21. The number of fused-ring (bicyclic) bond motifs is 3. The lowest BCUT2D eigenvalue weighted by Crippen LogP contribution is -2.46. The van der Waals surface area contributed by atoms with E-state index in [1.54, 1.807) is 45.7 Å². The number of aromatic nitrogens is 1. The first-order valence-electron chi connectivity index (χ1n) is 13.3. The van der Waals surface area contributed by atoms with Crippen LogP contribution in [-0.4, -0.2) is 75.0 Å². The molecule has 0 saturated heterocycles. The molecule has 2 heterocycles. The number of nitrogens with zero attached hydrogens (tertiary/aromatic N) is 2. The van der Waals surface area contributed by atoms with E-state index in [2.05, 4.69) is 11.1 Å². The minimum absolute atomic E-state index is 0.00709. The molecule has 5 rings (SSSR count). The molecule has 2 aromatic carbocycles. The molecule has 220 valence electrons. The van der Waals surface area contributed by atoms with Crippen LogP contribution in [0.1, 0.15) is 47.9 Å². The van der Waals surface area contributed by atoms with Crippen LogP contribution in [0, 0.1) is 6.92 Å². The molecule has 1 aliphatic heterocycles. The Morgan fingerprint density at radius 3 is 2.29 bits per heavy atom. The molecule has 2 N–H and O–H groups in total. The molecule has 1 saturated carbocycles. The number of benzene rings is 2. The molecule has 0 radical (unpaired) electrons. The van der Waals surface area contributed by atoms with Crippen molar-refractivity contribution in [3.63, 3.8) is 0 Å². The monoisotopic (exact) mass is 584 g/mol. The number of aryl methyl sites for hydroxylation is 1. The lowest BCUT2D eigenvalue weighted by molar-refractivity contribution is -0.0714. The van der Waals surface area contributed by atoms with E-state index in [9.17, 15) is 13.5 Å². The highest BCUT2D eigenvalue weighted by atomic mass is 32.2. The van der Waals surface area contributed by atoms with Crippen LogP contribution in [0.25, 0.3) is 0 Å². The molecule has 10 nitrogen and oxygen atoms in total. The van der Waals surface area contributed by atoms with Gasteiger partial charge in [0.2, 0.25) is 5.88 Å².